The van der Waals surface area contributed by atoms with Gasteiger partial charge in [-0.2, -0.15) is 0 Å². The molecular weight excluding hydrogens is 244 g/mol. The molecule has 2 aromatic rings. The summed E-state index contributed by atoms with van der Waals surface area (Å²) in [7, 11) is 0. The first-order valence-electron chi connectivity index (χ1n) is 5.99. The van der Waals surface area contributed by atoms with Crippen LogP contribution in [0.25, 0.3) is 11.1 Å². The maximum Gasteiger partial charge on any atom is 0.164 e. The predicted molar refractivity (Wildman–Crippen MR) is 76.1 cm³/mol. The highest BCUT2D eigenvalue weighted by atomic mass is 35.5. The fourth-order valence-electron chi connectivity index (χ4n) is 1.85. The maximum atomic E-state index is 11.8. The average molecular weight is 259 g/mol. The molecule has 0 aliphatic heterocycles. The Morgan fingerprint density at radius 1 is 1.00 bits per heavy atom. The Morgan fingerprint density at radius 3 is 2.11 bits per heavy atom. The summed E-state index contributed by atoms with van der Waals surface area (Å²) in [6.45, 7) is 1.83. The van der Waals surface area contributed by atoms with E-state index in [4.69, 9.17) is 11.6 Å². The van der Waals surface area contributed by atoms with Crippen LogP contribution >= 0.6 is 11.6 Å². The Morgan fingerprint density at radius 2 is 1.56 bits per heavy atom. The van der Waals surface area contributed by atoms with Gasteiger partial charge in [0.05, 0.1) is 0 Å². The summed E-state index contributed by atoms with van der Waals surface area (Å²) in [5, 5.41) is -0.119. The molecule has 0 heterocycles. The molecule has 0 aliphatic rings. The lowest BCUT2D eigenvalue weighted by Crippen LogP contribution is -2.04. The van der Waals surface area contributed by atoms with Gasteiger partial charge in [0.15, 0.2) is 5.78 Å². The van der Waals surface area contributed by atoms with E-state index >= 15 is 0 Å². The molecule has 0 aromatic heterocycles. The third kappa shape index (κ3) is 3.21. The Balaban J connectivity index is 2.18. The summed E-state index contributed by atoms with van der Waals surface area (Å²) in [6, 6.07) is 17.8. The van der Waals surface area contributed by atoms with Gasteiger partial charge < -0.3 is 0 Å². The second kappa shape index (κ2) is 5.83. The average Bonchev–Trinajstić information content (AvgIpc) is 2.39. The van der Waals surface area contributed by atoms with Gasteiger partial charge in [-0.1, -0.05) is 54.6 Å². The van der Waals surface area contributed by atoms with Gasteiger partial charge >= 0.3 is 0 Å². The number of carbonyl (C=O) groups excluding carboxylic acids is 1. The van der Waals surface area contributed by atoms with Crippen molar-refractivity contribution in [2.45, 2.75) is 18.7 Å². The molecule has 1 nitrogen and oxygen atoms in total. The first-order chi connectivity index (χ1) is 8.66. The second-order valence-corrected chi connectivity index (χ2v) is 5.10. The molecule has 18 heavy (non-hydrogen) atoms. The quantitative estimate of drug-likeness (QED) is 0.581. The maximum absolute atomic E-state index is 11.8. The van der Waals surface area contributed by atoms with Crippen LogP contribution in [-0.2, 0) is 0 Å². The number of hydrogen-bond donors (Lipinski definition) is 0. The molecule has 0 spiro atoms. The van der Waals surface area contributed by atoms with Gasteiger partial charge in [-0.05, 0) is 18.1 Å². The lowest BCUT2D eigenvalue weighted by Gasteiger charge is -2.05. The van der Waals surface area contributed by atoms with Crippen LogP contribution < -0.4 is 0 Å². The van der Waals surface area contributed by atoms with E-state index in [0.29, 0.717) is 6.42 Å². The minimum Gasteiger partial charge on any atom is -0.294 e. The first kappa shape index (κ1) is 12.8. The van der Waals surface area contributed by atoms with Crippen LogP contribution in [0.15, 0.2) is 54.6 Å². The van der Waals surface area contributed by atoms with Crippen molar-refractivity contribution in [2.24, 2.45) is 0 Å². The fraction of sp³-hybridized carbons (Fsp3) is 0.188. The van der Waals surface area contributed by atoms with E-state index in [1.807, 2.05) is 49.4 Å². The van der Waals surface area contributed by atoms with Gasteiger partial charge in [0.2, 0.25) is 0 Å². The van der Waals surface area contributed by atoms with E-state index in [0.717, 1.165) is 16.7 Å². The summed E-state index contributed by atoms with van der Waals surface area (Å²) in [5.74, 6) is 0.0945. The van der Waals surface area contributed by atoms with Crippen molar-refractivity contribution in [3.8, 4) is 11.1 Å². The Hall–Kier alpha value is -1.60. The molecule has 0 saturated carbocycles. The van der Waals surface area contributed by atoms with E-state index in [2.05, 4.69) is 12.1 Å². The third-order valence-corrected chi connectivity index (χ3v) is 2.93. The third-order valence-electron chi connectivity index (χ3n) is 2.78. The lowest BCUT2D eigenvalue weighted by molar-refractivity contribution is 0.0983. The highest BCUT2D eigenvalue weighted by Gasteiger charge is 2.09. The van der Waals surface area contributed by atoms with Crippen LogP contribution in [0.1, 0.15) is 23.7 Å². The molecule has 0 amide bonds. The molecule has 1 unspecified atom stereocenters. The molecule has 0 saturated heterocycles. The van der Waals surface area contributed by atoms with Gasteiger partial charge in [-0.15, -0.1) is 11.6 Å². The van der Waals surface area contributed by atoms with Crippen LogP contribution in [-0.4, -0.2) is 11.2 Å². The summed E-state index contributed by atoms with van der Waals surface area (Å²) in [6.07, 6.45) is 0.381. The van der Waals surface area contributed by atoms with Crippen molar-refractivity contribution in [1.82, 2.24) is 0 Å². The summed E-state index contributed by atoms with van der Waals surface area (Å²) >= 11 is 5.83. The lowest BCUT2D eigenvalue weighted by atomic mass is 10.0. The number of carbonyl (C=O) groups is 1. The van der Waals surface area contributed by atoms with E-state index in [-0.39, 0.29) is 11.2 Å². The zero-order valence-corrected chi connectivity index (χ0v) is 11.0. The number of hydrogen-bond acceptors (Lipinski definition) is 1. The van der Waals surface area contributed by atoms with Crippen molar-refractivity contribution in [1.29, 1.82) is 0 Å². The number of Topliss-reactive ketones (excluding diaryl/α,β-unsaturated/α-hetero) is 1. The summed E-state index contributed by atoms with van der Waals surface area (Å²) in [4.78, 5) is 11.8. The Labute approximate surface area is 112 Å². The zero-order chi connectivity index (χ0) is 13.0. The summed E-state index contributed by atoms with van der Waals surface area (Å²) in [5.41, 5.74) is 3.00. The number of rotatable bonds is 4. The number of benzene rings is 2. The largest absolute Gasteiger partial charge is 0.294 e. The van der Waals surface area contributed by atoms with Crippen molar-refractivity contribution < 1.29 is 4.79 Å². The molecule has 0 N–H and O–H groups in total. The molecule has 0 fully saturated rings. The molecule has 0 bridgehead atoms. The first-order valence-corrected chi connectivity index (χ1v) is 6.43. The monoisotopic (exact) mass is 258 g/mol. The molecular formula is C16H15ClO. The normalized spacial score (nSPS) is 12.1. The van der Waals surface area contributed by atoms with Crippen LogP contribution in [0.5, 0.6) is 0 Å². The van der Waals surface area contributed by atoms with Crippen LogP contribution in [0, 0.1) is 0 Å². The Bertz CT molecular complexity index is 515. The molecule has 0 aliphatic carbocycles. The number of halogens is 1. The molecule has 2 aromatic carbocycles. The van der Waals surface area contributed by atoms with Crippen LogP contribution in [0.4, 0.5) is 0 Å². The standard InChI is InChI=1S/C16H15ClO/c1-12(17)11-16(18)15-9-7-14(8-10-15)13-5-3-2-4-6-13/h2-10,12H,11H2,1H3. The second-order valence-electron chi connectivity index (χ2n) is 4.35. The SMILES string of the molecule is CC(Cl)CC(=O)c1ccc(-c2ccccc2)cc1. The molecule has 92 valence electrons. The van der Waals surface area contributed by atoms with E-state index in [1.165, 1.54) is 0 Å². The number of alkyl halides is 1. The van der Waals surface area contributed by atoms with E-state index in [1.54, 1.807) is 0 Å². The number of ketones is 1. The predicted octanol–water partition coefficient (Wildman–Crippen LogP) is 4.55. The van der Waals surface area contributed by atoms with Crippen LogP contribution in [0.3, 0.4) is 0 Å². The van der Waals surface area contributed by atoms with Gasteiger partial charge in [0.25, 0.3) is 0 Å². The molecule has 0 radical (unpaired) electrons. The van der Waals surface area contributed by atoms with Crippen molar-refractivity contribution >= 4 is 17.4 Å². The minimum absolute atomic E-state index is 0.0945. The van der Waals surface area contributed by atoms with Gasteiger partial charge in [-0.25, -0.2) is 0 Å². The van der Waals surface area contributed by atoms with Crippen molar-refractivity contribution in [3.63, 3.8) is 0 Å². The summed E-state index contributed by atoms with van der Waals surface area (Å²) < 4.78 is 0. The smallest absolute Gasteiger partial charge is 0.164 e. The highest BCUT2D eigenvalue weighted by Crippen LogP contribution is 2.20. The zero-order valence-electron chi connectivity index (χ0n) is 10.3. The van der Waals surface area contributed by atoms with Gasteiger partial charge in [-0.3, -0.25) is 4.79 Å². The van der Waals surface area contributed by atoms with Gasteiger partial charge in [0.1, 0.15) is 0 Å². The topological polar surface area (TPSA) is 17.1 Å². The minimum atomic E-state index is -0.119. The Kier molecular flexibility index (Phi) is 4.16. The highest BCUT2D eigenvalue weighted by molar-refractivity contribution is 6.22. The molecule has 1 atom stereocenters. The van der Waals surface area contributed by atoms with E-state index < -0.39 is 0 Å². The van der Waals surface area contributed by atoms with Crippen molar-refractivity contribution in [3.05, 3.63) is 60.2 Å². The fourth-order valence-corrected chi connectivity index (χ4v) is 1.99. The molecule has 2 rings (SSSR count). The van der Waals surface area contributed by atoms with Gasteiger partial charge in [0, 0.05) is 17.4 Å². The molecule has 2 heteroatoms. The van der Waals surface area contributed by atoms with Crippen molar-refractivity contribution in [2.75, 3.05) is 0 Å². The van der Waals surface area contributed by atoms with E-state index in [9.17, 15) is 4.79 Å². The van der Waals surface area contributed by atoms with Crippen LogP contribution in [0.2, 0.25) is 0 Å².